The maximum atomic E-state index is 5.77. The third kappa shape index (κ3) is 2.92. The van der Waals surface area contributed by atoms with E-state index in [4.69, 9.17) is 4.74 Å². The van der Waals surface area contributed by atoms with Crippen LogP contribution in [0.1, 0.15) is 22.8 Å². The van der Waals surface area contributed by atoms with Gasteiger partial charge in [0.05, 0.1) is 6.61 Å². The standard InChI is InChI=1S/C16H18BrNOS/c1-18-15(9-12-8-11(17)10-20-12)13-6-7-19-16-5-3-2-4-14(13)16/h2-5,8,10,13,15,18H,6-7,9H2,1H3. The Morgan fingerprint density at radius 2 is 2.30 bits per heavy atom. The van der Waals surface area contributed by atoms with Crippen LogP contribution < -0.4 is 10.1 Å². The van der Waals surface area contributed by atoms with Crippen molar-refractivity contribution >= 4 is 27.3 Å². The minimum absolute atomic E-state index is 0.450. The summed E-state index contributed by atoms with van der Waals surface area (Å²) < 4.78 is 6.95. The van der Waals surface area contributed by atoms with Gasteiger partial charge in [0.1, 0.15) is 5.75 Å². The van der Waals surface area contributed by atoms with E-state index in [0.717, 1.165) is 25.2 Å². The molecule has 106 valence electrons. The maximum Gasteiger partial charge on any atom is 0.122 e. The molecule has 4 heteroatoms. The van der Waals surface area contributed by atoms with E-state index in [1.165, 1.54) is 14.9 Å². The summed E-state index contributed by atoms with van der Waals surface area (Å²) in [6.07, 6.45) is 2.14. The van der Waals surface area contributed by atoms with Crippen molar-refractivity contribution in [3.05, 3.63) is 50.6 Å². The van der Waals surface area contributed by atoms with Gasteiger partial charge in [-0.25, -0.2) is 0 Å². The van der Waals surface area contributed by atoms with Gasteiger partial charge in [-0.3, -0.25) is 0 Å². The van der Waals surface area contributed by atoms with Gasteiger partial charge in [-0.15, -0.1) is 11.3 Å². The third-order valence-electron chi connectivity index (χ3n) is 3.90. The fourth-order valence-corrected chi connectivity index (χ4v) is 4.42. The largest absolute Gasteiger partial charge is 0.493 e. The molecular weight excluding hydrogens is 334 g/mol. The van der Waals surface area contributed by atoms with E-state index in [9.17, 15) is 0 Å². The second kappa shape index (κ2) is 6.29. The van der Waals surface area contributed by atoms with Gasteiger partial charge in [-0.2, -0.15) is 0 Å². The average molecular weight is 352 g/mol. The van der Waals surface area contributed by atoms with Crippen LogP contribution in [-0.2, 0) is 6.42 Å². The van der Waals surface area contributed by atoms with Crippen LogP contribution in [0.15, 0.2) is 40.2 Å². The van der Waals surface area contributed by atoms with E-state index in [2.05, 4.69) is 57.9 Å². The van der Waals surface area contributed by atoms with Crippen molar-refractivity contribution in [2.45, 2.75) is 24.8 Å². The van der Waals surface area contributed by atoms with Gasteiger partial charge in [0, 0.05) is 26.7 Å². The number of para-hydroxylation sites is 1. The fraction of sp³-hybridized carbons (Fsp3) is 0.375. The molecule has 0 saturated carbocycles. The first-order valence-electron chi connectivity index (χ1n) is 6.90. The molecule has 2 nitrogen and oxygen atoms in total. The molecule has 0 fully saturated rings. The lowest BCUT2D eigenvalue weighted by molar-refractivity contribution is 0.247. The number of likely N-dealkylation sites (N-methyl/N-ethyl adjacent to an activating group) is 1. The fourth-order valence-electron chi connectivity index (χ4n) is 2.91. The van der Waals surface area contributed by atoms with Crippen molar-refractivity contribution in [3.63, 3.8) is 0 Å². The zero-order valence-electron chi connectivity index (χ0n) is 11.4. The first-order chi connectivity index (χ1) is 9.78. The van der Waals surface area contributed by atoms with E-state index in [1.807, 2.05) is 17.4 Å². The zero-order valence-corrected chi connectivity index (χ0v) is 13.8. The molecule has 1 N–H and O–H groups in total. The Morgan fingerprint density at radius 1 is 1.45 bits per heavy atom. The van der Waals surface area contributed by atoms with Crippen LogP contribution in [0.3, 0.4) is 0 Å². The van der Waals surface area contributed by atoms with Crippen molar-refractivity contribution in [1.29, 1.82) is 0 Å². The van der Waals surface area contributed by atoms with Crippen LogP contribution in [0.2, 0.25) is 0 Å². The number of nitrogens with one attached hydrogen (secondary N) is 1. The number of hydrogen-bond donors (Lipinski definition) is 1. The Bertz CT molecular complexity index is 583. The highest BCUT2D eigenvalue weighted by Gasteiger charge is 2.28. The first kappa shape index (κ1) is 14.1. The van der Waals surface area contributed by atoms with Crippen LogP contribution in [0.25, 0.3) is 0 Å². The molecule has 0 aliphatic carbocycles. The minimum atomic E-state index is 0.450. The molecule has 1 aliphatic rings. The number of halogens is 1. The van der Waals surface area contributed by atoms with E-state index in [1.54, 1.807) is 0 Å². The summed E-state index contributed by atoms with van der Waals surface area (Å²) in [4.78, 5) is 1.42. The summed E-state index contributed by atoms with van der Waals surface area (Å²) in [5, 5.41) is 5.66. The molecule has 20 heavy (non-hydrogen) atoms. The summed E-state index contributed by atoms with van der Waals surface area (Å²) >= 11 is 5.36. The maximum absolute atomic E-state index is 5.77. The second-order valence-electron chi connectivity index (χ2n) is 5.11. The summed E-state index contributed by atoms with van der Waals surface area (Å²) in [5.74, 6) is 1.57. The van der Waals surface area contributed by atoms with E-state index in [0.29, 0.717) is 12.0 Å². The van der Waals surface area contributed by atoms with Crippen molar-refractivity contribution in [2.24, 2.45) is 0 Å². The van der Waals surface area contributed by atoms with Crippen LogP contribution in [0.5, 0.6) is 5.75 Å². The lowest BCUT2D eigenvalue weighted by atomic mass is 9.85. The van der Waals surface area contributed by atoms with Gasteiger partial charge in [0.15, 0.2) is 0 Å². The molecule has 2 unspecified atom stereocenters. The molecule has 0 amide bonds. The summed E-state index contributed by atoms with van der Waals surface area (Å²) in [6.45, 7) is 0.813. The quantitative estimate of drug-likeness (QED) is 0.890. The zero-order chi connectivity index (χ0) is 13.9. The highest BCUT2D eigenvalue weighted by atomic mass is 79.9. The second-order valence-corrected chi connectivity index (χ2v) is 7.02. The highest BCUT2D eigenvalue weighted by molar-refractivity contribution is 9.10. The average Bonchev–Trinajstić information content (AvgIpc) is 2.89. The molecule has 3 rings (SSSR count). The van der Waals surface area contributed by atoms with Crippen LogP contribution in [0, 0.1) is 0 Å². The molecule has 1 aromatic heterocycles. The van der Waals surface area contributed by atoms with Crippen molar-refractivity contribution < 1.29 is 4.74 Å². The molecular formula is C16H18BrNOS. The number of rotatable bonds is 4. The highest BCUT2D eigenvalue weighted by Crippen LogP contribution is 2.37. The smallest absolute Gasteiger partial charge is 0.122 e. The number of thiophene rings is 1. The molecule has 1 aliphatic heterocycles. The van der Waals surface area contributed by atoms with Crippen LogP contribution >= 0.6 is 27.3 Å². The number of fused-ring (bicyclic) bond motifs is 1. The predicted octanol–water partition coefficient (Wildman–Crippen LogP) is 4.21. The third-order valence-corrected chi connectivity index (χ3v) is 5.62. The molecule has 2 heterocycles. The summed E-state index contributed by atoms with van der Waals surface area (Å²) in [7, 11) is 2.06. The molecule has 0 spiro atoms. The normalized spacial score (nSPS) is 19.2. The number of ether oxygens (including phenoxy) is 1. The van der Waals surface area contributed by atoms with E-state index >= 15 is 0 Å². The van der Waals surface area contributed by atoms with Gasteiger partial charge in [-0.05, 0) is 53.5 Å². The minimum Gasteiger partial charge on any atom is -0.493 e. The lowest BCUT2D eigenvalue weighted by Crippen LogP contribution is -2.36. The Balaban J connectivity index is 1.83. The van der Waals surface area contributed by atoms with Crippen LogP contribution in [-0.4, -0.2) is 19.7 Å². The summed E-state index contributed by atoms with van der Waals surface area (Å²) in [5.41, 5.74) is 1.34. The molecule has 0 radical (unpaired) electrons. The Hall–Kier alpha value is -0.840. The van der Waals surface area contributed by atoms with E-state index in [-0.39, 0.29) is 0 Å². The Morgan fingerprint density at radius 3 is 3.05 bits per heavy atom. The SMILES string of the molecule is CNC(Cc1cc(Br)cs1)C1CCOc2ccccc21. The Labute approximate surface area is 132 Å². The Kier molecular flexibility index (Phi) is 4.44. The van der Waals surface area contributed by atoms with Crippen molar-refractivity contribution in [3.8, 4) is 5.75 Å². The summed E-state index contributed by atoms with van der Waals surface area (Å²) in [6, 6.07) is 11.1. The van der Waals surface area contributed by atoms with E-state index < -0.39 is 0 Å². The topological polar surface area (TPSA) is 21.3 Å². The molecule has 1 aromatic carbocycles. The molecule has 2 atom stereocenters. The number of hydrogen-bond acceptors (Lipinski definition) is 3. The van der Waals surface area contributed by atoms with Crippen molar-refractivity contribution in [1.82, 2.24) is 5.32 Å². The van der Waals surface area contributed by atoms with Gasteiger partial charge in [-0.1, -0.05) is 18.2 Å². The van der Waals surface area contributed by atoms with Gasteiger partial charge >= 0.3 is 0 Å². The first-order valence-corrected chi connectivity index (χ1v) is 8.57. The molecule has 0 bridgehead atoms. The molecule has 2 aromatic rings. The number of benzene rings is 1. The predicted molar refractivity (Wildman–Crippen MR) is 87.9 cm³/mol. The van der Waals surface area contributed by atoms with Gasteiger partial charge < -0.3 is 10.1 Å². The monoisotopic (exact) mass is 351 g/mol. The molecule has 0 saturated heterocycles. The van der Waals surface area contributed by atoms with Gasteiger partial charge in [0.2, 0.25) is 0 Å². The van der Waals surface area contributed by atoms with Crippen LogP contribution in [0.4, 0.5) is 0 Å². The lowest BCUT2D eigenvalue weighted by Gasteiger charge is -2.32. The van der Waals surface area contributed by atoms with Gasteiger partial charge in [0.25, 0.3) is 0 Å². The van der Waals surface area contributed by atoms with Crippen molar-refractivity contribution in [2.75, 3.05) is 13.7 Å².